The molecule has 1 aliphatic heterocycles. The number of piperidine rings is 1. The van der Waals surface area contributed by atoms with E-state index in [2.05, 4.69) is 5.32 Å². The van der Waals surface area contributed by atoms with Gasteiger partial charge in [-0.3, -0.25) is 4.79 Å². The number of nitrogens with zero attached hydrogens (tertiary/aromatic N) is 1. The highest BCUT2D eigenvalue weighted by Crippen LogP contribution is 2.24. The molecule has 1 fully saturated rings. The van der Waals surface area contributed by atoms with Gasteiger partial charge in [0, 0.05) is 24.5 Å². The Morgan fingerprint density at radius 3 is 2.41 bits per heavy atom. The summed E-state index contributed by atoms with van der Waals surface area (Å²) in [6.07, 6.45) is 1.34. The van der Waals surface area contributed by atoms with E-state index < -0.39 is 21.7 Å². The molecular weight excluding hydrogens is 418 g/mol. The van der Waals surface area contributed by atoms with Gasteiger partial charge in [0.25, 0.3) is 0 Å². The summed E-state index contributed by atoms with van der Waals surface area (Å²) >= 11 is 1.13. The molecule has 156 valence electrons. The molecule has 2 aromatic carbocycles. The maximum atomic E-state index is 13.2. The molecule has 0 saturated carbocycles. The quantitative estimate of drug-likeness (QED) is 0.671. The molecule has 1 amide bonds. The molecule has 0 spiro atoms. The van der Waals surface area contributed by atoms with Crippen LogP contribution in [0.5, 0.6) is 0 Å². The van der Waals surface area contributed by atoms with E-state index in [4.69, 9.17) is 0 Å². The van der Waals surface area contributed by atoms with Crippen LogP contribution in [0.25, 0.3) is 0 Å². The summed E-state index contributed by atoms with van der Waals surface area (Å²) < 4.78 is 52.8. The molecule has 0 atom stereocenters. The van der Waals surface area contributed by atoms with Crippen LogP contribution >= 0.6 is 11.8 Å². The third-order valence-corrected chi connectivity index (χ3v) is 7.71. The number of hydrogen-bond acceptors (Lipinski definition) is 4. The van der Waals surface area contributed by atoms with E-state index in [1.807, 2.05) is 0 Å². The van der Waals surface area contributed by atoms with Gasteiger partial charge in [0.2, 0.25) is 15.9 Å². The van der Waals surface area contributed by atoms with Crippen LogP contribution in [-0.2, 0) is 14.8 Å². The summed E-state index contributed by atoms with van der Waals surface area (Å²) in [5, 5.41) is 2.84. The van der Waals surface area contributed by atoms with Crippen molar-refractivity contribution < 1.29 is 22.0 Å². The maximum absolute atomic E-state index is 13.2. The lowest BCUT2D eigenvalue weighted by Crippen LogP contribution is -2.41. The minimum Gasteiger partial charge on any atom is -0.355 e. The lowest BCUT2D eigenvalue weighted by Gasteiger charge is -2.31. The summed E-state index contributed by atoms with van der Waals surface area (Å²) in [4.78, 5) is 12.8. The van der Waals surface area contributed by atoms with Crippen LogP contribution in [0.4, 0.5) is 8.78 Å². The Kier molecular flexibility index (Phi) is 7.26. The molecule has 0 aliphatic carbocycles. The van der Waals surface area contributed by atoms with Gasteiger partial charge in [-0.05, 0) is 49.1 Å². The molecule has 0 bridgehead atoms. The molecule has 9 heteroatoms. The minimum atomic E-state index is -3.48. The Morgan fingerprint density at radius 1 is 1.07 bits per heavy atom. The summed E-state index contributed by atoms with van der Waals surface area (Å²) in [5.41, 5.74) is 0. The van der Waals surface area contributed by atoms with Gasteiger partial charge in [0.05, 0.1) is 10.6 Å². The maximum Gasteiger partial charge on any atom is 0.243 e. The molecule has 0 radical (unpaired) electrons. The summed E-state index contributed by atoms with van der Waals surface area (Å²) in [6, 6.07) is 11.9. The Balaban J connectivity index is 1.41. The van der Waals surface area contributed by atoms with E-state index in [9.17, 15) is 22.0 Å². The molecule has 0 aromatic heterocycles. The van der Waals surface area contributed by atoms with Crippen molar-refractivity contribution >= 4 is 27.7 Å². The number of carbonyl (C=O) groups excluding carboxylic acids is 1. The van der Waals surface area contributed by atoms with E-state index in [1.54, 1.807) is 30.3 Å². The first kappa shape index (κ1) is 21.7. The molecular formula is C20H22F2N2O3S2. The van der Waals surface area contributed by atoms with Gasteiger partial charge in [0.15, 0.2) is 11.6 Å². The predicted molar refractivity (Wildman–Crippen MR) is 108 cm³/mol. The summed E-state index contributed by atoms with van der Waals surface area (Å²) in [7, 11) is -3.48. The Morgan fingerprint density at radius 2 is 1.76 bits per heavy atom. The highest BCUT2D eigenvalue weighted by Gasteiger charge is 2.29. The SMILES string of the molecule is O=C(CSc1ccc(F)c(F)c1)NCC1CCN(S(=O)(=O)c2ccccc2)CC1. The van der Waals surface area contributed by atoms with Crippen LogP contribution in [0.2, 0.25) is 0 Å². The third-order valence-electron chi connectivity index (χ3n) is 4.80. The van der Waals surface area contributed by atoms with Crippen LogP contribution in [0, 0.1) is 17.6 Å². The number of sulfonamides is 1. The number of amides is 1. The molecule has 1 heterocycles. The highest BCUT2D eigenvalue weighted by atomic mass is 32.2. The van der Waals surface area contributed by atoms with Crippen LogP contribution in [-0.4, -0.2) is 44.0 Å². The summed E-state index contributed by atoms with van der Waals surface area (Å²) in [5.74, 6) is -1.74. The van der Waals surface area contributed by atoms with Crippen molar-refractivity contribution in [2.24, 2.45) is 5.92 Å². The summed E-state index contributed by atoms with van der Waals surface area (Å²) in [6.45, 7) is 1.30. The smallest absolute Gasteiger partial charge is 0.243 e. The molecule has 1 saturated heterocycles. The van der Waals surface area contributed by atoms with E-state index in [0.29, 0.717) is 42.3 Å². The molecule has 2 aromatic rings. The van der Waals surface area contributed by atoms with Gasteiger partial charge in [-0.15, -0.1) is 11.8 Å². The Hall–Kier alpha value is -1.97. The topological polar surface area (TPSA) is 66.5 Å². The van der Waals surface area contributed by atoms with Crippen molar-refractivity contribution in [3.63, 3.8) is 0 Å². The molecule has 29 heavy (non-hydrogen) atoms. The first-order valence-electron chi connectivity index (χ1n) is 9.26. The van der Waals surface area contributed by atoms with Crippen molar-refractivity contribution in [2.45, 2.75) is 22.6 Å². The van der Waals surface area contributed by atoms with Crippen molar-refractivity contribution in [2.75, 3.05) is 25.4 Å². The predicted octanol–water partition coefficient (Wildman–Crippen LogP) is 3.27. The van der Waals surface area contributed by atoms with E-state index in [-0.39, 0.29) is 17.6 Å². The molecule has 5 nitrogen and oxygen atoms in total. The molecule has 0 unspecified atom stereocenters. The lowest BCUT2D eigenvalue weighted by molar-refractivity contribution is -0.118. The van der Waals surface area contributed by atoms with Crippen LogP contribution in [0.15, 0.2) is 58.3 Å². The van der Waals surface area contributed by atoms with Gasteiger partial charge < -0.3 is 5.32 Å². The fourth-order valence-electron chi connectivity index (χ4n) is 3.12. The number of rotatable bonds is 7. The zero-order chi connectivity index (χ0) is 20.9. The third kappa shape index (κ3) is 5.77. The van der Waals surface area contributed by atoms with Gasteiger partial charge in [-0.25, -0.2) is 17.2 Å². The highest BCUT2D eigenvalue weighted by molar-refractivity contribution is 8.00. The average Bonchev–Trinajstić information content (AvgIpc) is 2.74. The lowest BCUT2D eigenvalue weighted by atomic mass is 9.98. The average molecular weight is 441 g/mol. The normalized spacial score (nSPS) is 15.9. The first-order chi connectivity index (χ1) is 13.9. The molecule has 1 aliphatic rings. The van der Waals surface area contributed by atoms with Gasteiger partial charge in [-0.2, -0.15) is 4.31 Å². The van der Waals surface area contributed by atoms with Crippen molar-refractivity contribution in [1.29, 1.82) is 0 Å². The number of hydrogen-bond donors (Lipinski definition) is 1. The number of carbonyl (C=O) groups is 1. The van der Waals surface area contributed by atoms with Crippen LogP contribution in [0.3, 0.4) is 0 Å². The van der Waals surface area contributed by atoms with Crippen molar-refractivity contribution in [1.82, 2.24) is 9.62 Å². The van der Waals surface area contributed by atoms with Crippen LogP contribution < -0.4 is 5.32 Å². The van der Waals surface area contributed by atoms with Crippen LogP contribution in [0.1, 0.15) is 12.8 Å². The zero-order valence-electron chi connectivity index (χ0n) is 15.7. The van der Waals surface area contributed by atoms with Gasteiger partial charge in [-0.1, -0.05) is 18.2 Å². The standard InChI is InChI=1S/C20H22F2N2O3S2/c21-18-7-6-16(12-19(18)22)28-14-20(25)23-13-15-8-10-24(11-9-15)29(26,27)17-4-2-1-3-5-17/h1-7,12,15H,8-11,13-14H2,(H,23,25). The minimum absolute atomic E-state index is 0.103. The molecule has 1 N–H and O–H groups in total. The van der Waals surface area contributed by atoms with Crippen molar-refractivity contribution in [3.8, 4) is 0 Å². The monoisotopic (exact) mass is 440 g/mol. The molecule has 3 rings (SSSR count). The second-order valence-corrected chi connectivity index (χ2v) is 9.82. The number of halogens is 2. The van der Waals surface area contributed by atoms with E-state index >= 15 is 0 Å². The first-order valence-corrected chi connectivity index (χ1v) is 11.7. The fourth-order valence-corrected chi connectivity index (χ4v) is 5.36. The van der Waals surface area contributed by atoms with Crippen molar-refractivity contribution in [3.05, 3.63) is 60.2 Å². The number of nitrogens with one attached hydrogen (secondary N) is 1. The van der Waals surface area contributed by atoms with Gasteiger partial charge >= 0.3 is 0 Å². The Bertz CT molecular complexity index is 947. The van der Waals surface area contributed by atoms with Gasteiger partial charge in [0.1, 0.15) is 0 Å². The second-order valence-electron chi connectivity index (χ2n) is 6.83. The fraction of sp³-hybridized carbons (Fsp3) is 0.350. The number of thioether (sulfide) groups is 1. The number of benzene rings is 2. The van der Waals surface area contributed by atoms with E-state index in [1.165, 1.54) is 10.4 Å². The Labute approximate surface area is 173 Å². The second kappa shape index (κ2) is 9.69. The zero-order valence-corrected chi connectivity index (χ0v) is 17.3. The largest absolute Gasteiger partial charge is 0.355 e. The van der Waals surface area contributed by atoms with E-state index in [0.717, 1.165) is 23.9 Å².